The molecule has 1 aromatic heterocycles. The molecule has 0 saturated carbocycles. The molecular formula is C12H15ClN2O3S2. The molecule has 0 aliphatic rings. The normalized spacial score (nSPS) is 11.7. The van der Waals surface area contributed by atoms with Crippen LogP contribution in [0.25, 0.3) is 10.2 Å². The summed E-state index contributed by atoms with van der Waals surface area (Å²) in [6.45, 7) is 2.50. The van der Waals surface area contributed by atoms with E-state index in [1.54, 1.807) is 0 Å². The first-order valence-corrected chi connectivity index (χ1v) is 9.14. The van der Waals surface area contributed by atoms with Crippen molar-refractivity contribution in [3.63, 3.8) is 0 Å². The number of alkyl halides is 1. The Morgan fingerprint density at radius 2 is 2.25 bits per heavy atom. The van der Waals surface area contributed by atoms with Gasteiger partial charge in [-0.1, -0.05) is 11.3 Å². The molecular weight excluding hydrogens is 320 g/mol. The van der Waals surface area contributed by atoms with Gasteiger partial charge in [0.1, 0.15) is 5.75 Å². The van der Waals surface area contributed by atoms with E-state index in [1.807, 2.05) is 25.1 Å². The van der Waals surface area contributed by atoms with E-state index in [-0.39, 0.29) is 5.75 Å². The van der Waals surface area contributed by atoms with E-state index in [9.17, 15) is 8.42 Å². The predicted molar refractivity (Wildman–Crippen MR) is 83.5 cm³/mol. The molecule has 1 aromatic carbocycles. The van der Waals surface area contributed by atoms with Crippen LogP contribution >= 0.6 is 22.9 Å². The molecule has 0 bridgehead atoms. The van der Waals surface area contributed by atoms with Crippen molar-refractivity contribution >= 4 is 48.3 Å². The van der Waals surface area contributed by atoms with E-state index < -0.39 is 10.0 Å². The summed E-state index contributed by atoms with van der Waals surface area (Å²) in [5.41, 5.74) is 0.744. The van der Waals surface area contributed by atoms with Crippen molar-refractivity contribution in [2.24, 2.45) is 0 Å². The average molecular weight is 335 g/mol. The smallest absolute Gasteiger partial charge is 0.234 e. The van der Waals surface area contributed by atoms with Crippen LogP contribution < -0.4 is 9.46 Å². The number of sulfonamides is 1. The Morgan fingerprint density at radius 3 is 2.95 bits per heavy atom. The maximum Gasteiger partial charge on any atom is 0.234 e. The second-order valence-electron chi connectivity index (χ2n) is 4.05. The standard InChI is InChI=1S/C12H15ClN2O3S2/c1-2-18-9-4-5-10-11(8-9)19-12(14-10)15-20(16,17)7-3-6-13/h4-5,8H,2-3,6-7H2,1H3,(H,14,15). The highest BCUT2D eigenvalue weighted by atomic mass is 35.5. The fourth-order valence-corrected chi connectivity index (χ4v) is 4.16. The number of anilines is 1. The minimum Gasteiger partial charge on any atom is -0.494 e. The van der Waals surface area contributed by atoms with Gasteiger partial charge in [-0.05, 0) is 31.5 Å². The van der Waals surface area contributed by atoms with Crippen LogP contribution in [0.5, 0.6) is 5.75 Å². The van der Waals surface area contributed by atoms with Crippen LogP contribution in [-0.4, -0.2) is 31.6 Å². The van der Waals surface area contributed by atoms with Gasteiger partial charge in [0.25, 0.3) is 0 Å². The number of fused-ring (bicyclic) bond motifs is 1. The van der Waals surface area contributed by atoms with Crippen molar-refractivity contribution in [2.45, 2.75) is 13.3 Å². The maximum absolute atomic E-state index is 11.8. The summed E-state index contributed by atoms with van der Waals surface area (Å²) in [7, 11) is -3.38. The topological polar surface area (TPSA) is 68.3 Å². The monoisotopic (exact) mass is 334 g/mol. The Kier molecular flexibility index (Phi) is 5.06. The van der Waals surface area contributed by atoms with Gasteiger partial charge >= 0.3 is 0 Å². The van der Waals surface area contributed by atoms with E-state index in [2.05, 4.69) is 9.71 Å². The minimum absolute atomic E-state index is 0.00335. The third kappa shape index (κ3) is 3.97. The molecule has 8 heteroatoms. The lowest BCUT2D eigenvalue weighted by Gasteiger charge is -2.02. The number of nitrogens with one attached hydrogen (secondary N) is 1. The van der Waals surface area contributed by atoms with Gasteiger partial charge in [0, 0.05) is 5.88 Å². The molecule has 0 amide bonds. The first-order valence-electron chi connectivity index (χ1n) is 6.14. The van der Waals surface area contributed by atoms with E-state index in [0.717, 1.165) is 16.0 Å². The van der Waals surface area contributed by atoms with Gasteiger partial charge in [0.2, 0.25) is 10.0 Å². The van der Waals surface area contributed by atoms with Crippen LogP contribution in [0.2, 0.25) is 0 Å². The molecule has 5 nitrogen and oxygen atoms in total. The first-order chi connectivity index (χ1) is 9.54. The lowest BCUT2D eigenvalue weighted by molar-refractivity contribution is 0.341. The van der Waals surface area contributed by atoms with Crippen LogP contribution in [0.1, 0.15) is 13.3 Å². The largest absolute Gasteiger partial charge is 0.494 e. The van der Waals surface area contributed by atoms with Crippen LogP contribution in [-0.2, 0) is 10.0 Å². The van der Waals surface area contributed by atoms with Gasteiger partial charge in [-0.25, -0.2) is 13.4 Å². The summed E-state index contributed by atoms with van der Waals surface area (Å²) in [5, 5.41) is 0.364. The minimum atomic E-state index is -3.38. The molecule has 2 rings (SSSR count). The van der Waals surface area contributed by atoms with Crippen LogP contribution in [0.15, 0.2) is 18.2 Å². The van der Waals surface area contributed by atoms with Crippen molar-refractivity contribution in [1.29, 1.82) is 0 Å². The summed E-state index contributed by atoms with van der Waals surface area (Å²) in [5.74, 6) is 1.06. The summed E-state index contributed by atoms with van der Waals surface area (Å²) < 4.78 is 32.3. The summed E-state index contributed by atoms with van der Waals surface area (Å²) in [6.07, 6.45) is 0.413. The number of halogens is 1. The molecule has 0 aliphatic heterocycles. The van der Waals surface area contributed by atoms with Crippen molar-refractivity contribution in [1.82, 2.24) is 4.98 Å². The molecule has 0 radical (unpaired) electrons. The molecule has 0 saturated heterocycles. The van der Waals surface area contributed by atoms with Gasteiger partial charge < -0.3 is 4.74 Å². The molecule has 110 valence electrons. The Balaban J connectivity index is 2.19. The quantitative estimate of drug-likeness (QED) is 0.790. The van der Waals surface area contributed by atoms with Crippen LogP contribution in [0, 0.1) is 0 Å². The van der Waals surface area contributed by atoms with Crippen LogP contribution in [0.4, 0.5) is 5.13 Å². The zero-order chi connectivity index (χ0) is 14.6. The predicted octanol–water partition coefficient (Wildman–Crippen LogP) is 3.07. The van der Waals surface area contributed by atoms with Crippen molar-refractivity contribution < 1.29 is 13.2 Å². The van der Waals surface area contributed by atoms with Crippen molar-refractivity contribution in [3.05, 3.63) is 18.2 Å². The Morgan fingerprint density at radius 1 is 1.45 bits per heavy atom. The molecule has 0 atom stereocenters. The summed E-state index contributed by atoms with van der Waals surface area (Å²) in [4.78, 5) is 4.25. The maximum atomic E-state index is 11.8. The molecule has 1 heterocycles. The van der Waals surface area contributed by atoms with Crippen molar-refractivity contribution in [2.75, 3.05) is 23.0 Å². The molecule has 20 heavy (non-hydrogen) atoms. The van der Waals surface area contributed by atoms with Gasteiger partial charge in [-0.2, -0.15) is 0 Å². The van der Waals surface area contributed by atoms with Gasteiger partial charge in [0.05, 0.1) is 22.6 Å². The van der Waals surface area contributed by atoms with E-state index in [1.165, 1.54) is 11.3 Å². The zero-order valence-corrected chi connectivity index (χ0v) is 13.3. The van der Waals surface area contributed by atoms with Gasteiger partial charge in [0.15, 0.2) is 5.13 Å². The van der Waals surface area contributed by atoms with Gasteiger partial charge in [-0.15, -0.1) is 11.6 Å². The molecule has 0 spiro atoms. The molecule has 2 aromatic rings. The number of benzene rings is 1. The van der Waals surface area contributed by atoms with Crippen molar-refractivity contribution in [3.8, 4) is 5.75 Å². The highest BCUT2D eigenvalue weighted by Gasteiger charge is 2.13. The lowest BCUT2D eigenvalue weighted by atomic mass is 10.3. The van der Waals surface area contributed by atoms with E-state index >= 15 is 0 Å². The molecule has 0 aliphatic carbocycles. The lowest BCUT2D eigenvalue weighted by Crippen LogP contribution is -2.16. The number of thiazole rings is 1. The number of hydrogen-bond donors (Lipinski definition) is 1. The highest BCUT2D eigenvalue weighted by Crippen LogP contribution is 2.29. The second kappa shape index (κ2) is 6.60. The Hall–Kier alpha value is -1.05. The fourth-order valence-electron chi connectivity index (χ4n) is 1.63. The summed E-state index contributed by atoms with van der Waals surface area (Å²) in [6, 6.07) is 5.48. The molecule has 0 fully saturated rings. The Bertz CT molecular complexity index is 685. The number of aromatic nitrogens is 1. The molecule has 0 unspecified atom stereocenters. The van der Waals surface area contributed by atoms with E-state index in [4.69, 9.17) is 16.3 Å². The third-order valence-corrected chi connectivity index (χ3v) is 5.12. The first kappa shape index (κ1) is 15.3. The summed E-state index contributed by atoms with van der Waals surface area (Å²) >= 11 is 6.79. The number of hydrogen-bond acceptors (Lipinski definition) is 5. The molecule has 1 N–H and O–H groups in total. The number of rotatable bonds is 7. The van der Waals surface area contributed by atoms with Gasteiger partial charge in [-0.3, -0.25) is 4.72 Å². The SMILES string of the molecule is CCOc1ccc2nc(NS(=O)(=O)CCCCl)sc2c1. The average Bonchev–Trinajstić information content (AvgIpc) is 2.77. The third-order valence-electron chi connectivity index (χ3n) is 2.46. The highest BCUT2D eigenvalue weighted by molar-refractivity contribution is 7.92. The Labute approximate surface area is 127 Å². The zero-order valence-electron chi connectivity index (χ0n) is 10.9. The fraction of sp³-hybridized carbons (Fsp3) is 0.417. The second-order valence-corrected chi connectivity index (χ2v) is 7.30. The number of nitrogens with zero attached hydrogens (tertiary/aromatic N) is 1. The number of ether oxygens (including phenoxy) is 1. The van der Waals surface area contributed by atoms with Crippen LogP contribution in [0.3, 0.4) is 0 Å². The van der Waals surface area contributed by atoms with E-state index in [0.29, 0.717) is 24.0 Å².